The summed E-state index contributed by atoms with van der Waals surface area (Å²) in [4.78, 5) is 27.1. The minimum atomic E-state index is -0.309. The summed E-state index contributed by atoms with van der Waals surface area (Å²) in [5, 5.41) is 18.9. The number of benzene rings is 1. The number of hydrogen-bond donors (Lipinski definition) is 1. The molecule has 6 heteroatoms. The minimum absolute atomic E-state index is 0.0365. The summed E-state index contributed by atoms with van der Waals surface area (Å²) >= 11 is 0. The van der Waals surface area contributed by atoms with E-state index in [4.69, 9.17) is 5.26 Å². The van der Waals surface area contributed by atoms with Crippen LogP contribution in [0.5, 0.6) is 0 Å². The third kappa shape index (κ3) is 2.61. The maximum absolute atomic E-state index is 13.0. The number of aliphatic hydroxyl groups is 1. The van der Waals surface area contributed by atoms with Crippen LogP contribution >= 0.6 is 0 Å². The molecule has 3 heterocycles. The maximum Gasteiger partial charge on any atom is 0.253 e. The highest BCUT2D eigenvalue weighted by molar-refractivity contribution is 5.94. The van der Waals surface area contributed by atoms with Crippen LogP contribution < -0.4 is 5.56 Å². The monoisotopic (exact) mass is 349 g/mol. The van der Waals surface area contributed by atoms with Crippen LogP contribution in [-0.2, 0) is 0 Å². The first-order valence-corrected chi connectivity index (χ1v) is 8.74. The molecular weight excluding hydrogens is 330 g/mol. The van der Waals surface area contributed by atoms with Gasteiger partial charge < -0.3 is 14.6 Å². The van der Waals surface area contributed by atoms with Crippen molar-refractivity contribution in [1.29, 1.82) is 5.26 Å². The summed E-state index contributed by atoms with van der Waals surface area (Å²) in [6.07, 6.45) is 0.858. The summed E-state index contributed by atoms with van der Waals surface area (Å²) in [7, 11) is 0. The summed E-state index contributed by atoms with van der Waals surface area (Å²) in [5.74, 6) is 0.00298. The number of fused-ring (bicyclic) bond motifs is 4. The van der Waals surface area contributed by atoms with Gasteiger partial charge in [0, 0.05) is 42.2 Å². The van der Waals surface area contributed by atoms with Crippen LogP contribution in [0, 0.1) is 17.2 Å². The first kappa shape index (κ1) is 16.6. The van der Waals surface area contributed by atoms with Gasteiger partial charge >= 0.3 is 0 Å². The molecule has 3 atom stereocenters. The zero-order valence-electron chi connectivity index (χ0n) is 14.2. The molecule has 2 aliphatic rings. The molecular formula is C20H19N3O3. The van der Waals surface area contributed by atoms with Gasteiger partial charge in [0.15, 0.2) is 0 Å². The molecule has 1 fully saturated rings. The van der Waals surface area contributed by atoms with E-state index in [2.05, 4.69) is 6.07 Å². The lowest BCUT2D eigenvalue weighted by atomic mass is 9.78. The Balaban J connectivity index is 1.68. The van der Waals surface area contributed by atoms with E-state index < -0.39 is 0 Å². The molecule has 4 rings (SSSR count). The molecule has 1 amide bonds. The van der Waals surface area contributed by atoms with Crippen molar-refractivity contribution in [2.75, 3.05) is 19.7 Å². The molecule has 1 aromatic carbocycles. The normalized spacial score (nSPS) is 23.8. The van der Waals surface area contributed by atoms with Crippen molar-refractivity contribution in [3.63, 3.8) is 0 Å². The Morgan fingerprint density at radius 2 is 2.04 bits per heavy atom. The summed E-state index contributed by atoms with van der Waals surface area (Å²) < 4.78 is 1.71. The number of pyridine rings is 1. The molecule has 1 aromatic heterocycles. The third-order valence-corrected chi connectivity index (χ3v) is 5.51. The molecule has 0 unspecified atom stereocenters. The molecule has 0 aliphatic carbocycles. The van der Waals surface area contributed by atoms with Crippen molar-refractivity contribution in [1.82, 2.24) is 9.47 Å². The second kappa shape index (κ2) is 6.43. The molecule has 1 N–H and O–H groups in total. The second-order valence-corrected chi connectivity index (χ2v) is 7.00. The van der Waals surface area contributed by atoms with Crippen LogP contribution in [0.3, 0.4) is 0 Å². The number of aliphatic hydroxyl groups excluding tert-OH is 1. The Kier molecular flexibility index (Phi) is 4.09. The van der Waals surface area contributed by atoms with Gasteiger partial charge in [-0.25, -0.2) is 0 Å². The first-order chi connectivity index (χ1) is 12.6. The maximum atomic E-state index is 13.0. The lowest BCUT2D eigenvalue weighted by Crippen LogP contribution is -2.51. The van der Waals surface area contributed by atoms with Crippen molar-refractivity contribution < 1.29 is 9.90 Å². The van der Waals surface area contributed by atoms with Gasteiger partial charge in [0.2, 0.25) is 0 Å². The first-order valence-electron chi connectivity index (χ1n) is 8.74. The van der Waals surface area contributed by atoms with Gasteiger partial charge in [-0.1, -0.05) is 12.1 Å². The van der Waals surface area contributed by atoms with Gasteiger partial charge in [0.25, 0.3) is 11.5 Å². The molecule has 2 aromatic rings. The van der Waals surface area contributed by atoms with Crippen LogP contribution in [0.4, 0.5) is 0 Å². The van der Waals surface area contributed by atoms with Crippen molar-refractivity contribution in [3.8, 4) is 6.07 Å². The number of hydrogen-bond acceptors (Lipinski definition) is 4. The largest absolute Gasteiger partial charge is 0.394 e. The van der Waals surface area contributed by atoms with E-state index in [1.54, 1.807) is 39.8 Å². The van der Waals surface area contributed by atoms with Gasteiger partial charge in [-0.05, 0) is 30.7 Å². The van der Waals surface area contributed by atoms with Crippen molar-refractivity contribution in [2.24, 2.45) is 5.92 Å². The van der Waals surface area contributed by atoms with Gasteiger partial charge in [-0.2, -0.15) is 5.26 Å². The SMILES string of the molecule is N#Cc1cccc(C(=O)N2C[C@H]3C[C@@H](C2)[C@H](CO)n2c3cccc2=O)c1. The van der Waals surface area contributed by atoms with E-state index in [9.17, 15) is 14.7 Å². The standard InChI is InChI=1S/C20H19N3O3/c21-9-13-3-1-4-14(7-13)20(26)22-10-15-8-16(11-22)18(12-24)23-17(15)5-2-6-19(23)25/h1-7,15-16,18,24H,8,10-12H2/t15-,16+,18+/m1/s1. The number of aromatic nitrogens is 1. The van der Waals surface area contributed by atoms with Crippen LogP contribution in [0.15, 0.2) is 47.3 Å². The predicted molar refractivity (Wildman–Crippen MR) is 94.7 cm³/mol. The molecule has 0 saturated carbocycles. The summed E-state index contributed by atoms with van der Waals surface area (Å²) in [6.45, 7) is 0.909. The van der Waals surface area contributed by atoms with Crippen molar-refractivity contribution in [3.05, 3.63) is 69.6 Å². The predicted octanol–water partition coefficient (Wildman–Crippen LogP) is 1.51. The summed E-state index contributed by atoms with van der Waals surface area (Å²) in [5.41, 5.74) is 1.74. The molecule has 1 saturated heterocycles. The fraction of sp³-hybridized carbons (Fsp3) is 0.350. The molecule has 26 heavy (non-hydrogen) atoms. The zero-order valence-corrected chi connectivity index (χ0v) is 14.2. The van der Waals surface area contributed by atoms with Gasteiger partial charge in [0.05, 0.1) is 24.3 Å². The van der Waals surface area contributed by atoms with E-state index in [0.717, 1.165) is 12.1 Å². The molecule has 6 nitrogen and oxygen atoms in total. The lowest BCUT2D eigenvalue weighted by molar-refractivity contribution is 0.0437. The number of carbonyl (C=O) groups excluding carboxylic acids is 1. The number of nitriles is 1. The molecule has 0 radical (unpaired) electrons. The number of nitrogens with zero attached hydrogens (tertiary/aromatic N) is 3. The van der Waals surface area contributed by atoms with Crippen LogP contribution in [0.25, 0.3) is 0 Å². The smallest absolute Gasteiger partial charge is 0.253 e. The van der Waals surface area contributed by atoms with Crippen LogP contribution in [0.2, 0.25) is 0 Å². The zero-order chi connectivity index (χ0) is 18.3. The number of piperidine rings is 1. The highest BCUT2D eigenvalue weighted by Crippen LogP contribution is 2.41. The molecule has 2 aliphatic heterocycles. The number of carbonyl (C=O) groups is 1. The fourth-order valence-electron chi connectivity index (χ4n) is 4.35. The van der Waals surface area contributed by atoms with Gasteiger partial charge in [0.1, 0.15) is 0 Å². The van der Waals surface area contributed by atoms with Crippen LogP contribution in [0.1, 0.15) is 40.0 Å². The minimum Gasteiger partial charge on any atom is -0.394 e. The van der Waals surface area contributed by atoms with E-state index in [1.165, 1.54) is 6.07 Å². The number of amides is 1. The highest BCUT2D eigenvalue weighted by atomic mass is 16.3. The van der Waals surface area contributed by atoms with E-state index in [1.807, 2.05) is 6.07 Å². The quantitative estimate of drug-likeness (QED) is 0.890. The van der Waals surface area contributed by atoms with E-state index in [-0.39, 0.29) is 36.0 Å². The molecule has 2 bridgehead atoms. The van der Waals surface area contributed by atoms with Crippen molar-refractivity contribution >= 4 is 5.91 Å². The lowest BCUT2D eigenvalue weighted by Gasteiger charge is -2.46. The Morgan fingerprint density at radius 3 is 2.81 bits per heavy atom. The van der Waals surface area contributed by atoms with E-state index in [0.29, 0.717) is 24.2 Å². The Labute approximate surface area is 150 Å². The van der Waals surface area contributed by atoms with Gasteiger partial charge in [-0.3, -0.25) is 9.59 Å². The molecule has 0 spiro atoms. The third-order valence-electron chi connectivity index (χ3n) is 5.51. The second-order valence-electron chi connectivity index (χ2n) is 7.00. The average Bonchev–Trinajstić information content (AvgIpc) is 2.68. The van der Waals surface area contributed by atoms with Crippen LogP contribution in [-0.4, -0.2) is 40.2 Å². The van der Waals surface area contributed by atoms with E-state index >= 15 is 0 Å². The molecule has 132 valence electrons. The Hall–Kier alpha value is -2.91. The summed E-state index contributed by atoms with van der Waals surface area (Å²) in [6, 6.07) is 13.6. The van der Waals surface area contributed by atoms with Gasteiger partial charge in [-0.15, -0.1) is 0 Å². The Bertz CT molecular complexity index is 959. The number of likely N-dealkylation sites (tertiary alicyclic amines) is 1. The number of rotatable bonds is 2. The Morgan fingerprint density at radius 1 is 1.23 bits per heavy atom. The fourth-order valence-corrected chi connectivity index (χ4v) is 4.35. The average molecular weight is 349 g/mol. The highest BCUT2D eigenvalue weighted by Gasteiger charge is 2.41. The topological polar surface area (TPSA) is 86.3 Å². The van der Waals surface area contributed by atoms with Crippen molar-refractivity contribution in [2.45, 2.75) is 18.4 Å².